The Morgan fingerprint density at radius 1 is 1.38 bits per heavy atom. The van der Waals surface area contributed by atoms with Crippen LogP contribution in [-0.4, -0.2) is 17.3 Å². The second-order valence-electron chi connectivity index (χ2n) is 3.55. The molecule has 0 unspecified atom stereocenters. The van der Waals surface area contributed by atoms with Crippen LogP contribution >= 0.6 is 0 Å². The lowest BCUT2D eigenvalue weighted by molar-refractivity contribution is 0.412. The first kappa shape index (κ1) is 10.5. The van der Waals surface area contributed by atoms with Gasteiger partial charge in [-0.15, -0.1) is 0 Å². The highest BCUT2D eigenvalue weighted by atomic mass is 16.5. The van der Waals surface area contributed by atoms with Crippen molar-refractivity contribution in [2.45, 2.75) is 13.3 Å². The minimum Gasteiger partial charge on any atom is -0.496 e. The van der Waals surface area contributed by atoms with E-state index in [1.54, 1.807) is 13.3 Å². The summed E-state index contributed by atoms with van der Waals surface area (Å²) in [5, 5.41) is 6.65. The molecule has 0 aliphatic rings. The number of benzene rings is 1. The molecule has 1 aromatic carbocycles. The molecular formula is C12H15N3O. The number of aromatic nitrogens is 2. The normalized spacial score (nSPS) is 10.4. The Kier molecular flexibility index (Phi) is 2.81. The fraction of sp³-hybridized carbons (Fsp3) is 0.250. The molecule has 0 saturated heterocycles. The number of rotatable bonds is 3. The quantitative estimate of drug-likeness (QED) is 0.828. The summed E-state index contributed by atoms with van der Waals surface area (Å²) in [5.41, 5.74) is 8.84. The van der Waals surface area contributed by atoms with Gasteiger partial charge in [0, 0.05) is 11.1 Å². The monoisotopic (exact) mass is 217 g/mol. The van der Waals surface area contributed by atoms with E-state index >= 15 is 0 Å². The van der Waals surface area contributed by atoms with Crippen LogP contribution in [0.15, 0.2) is 24.4 Å². The topological polar surface area (TPSA) is 63.9 Å². The number of hydrogen-bond acceptors (Lipinski definition) is 3. The largest absolute Gasteiger partial charge is 0.496 e. The maximum Gasteiger partial charge on any atom is 0.130 e. The fourth-order valence-corrected chi connectivity index (χ4v) is 1.83. The van der Waals surface area contributed by atoms with Crippen molar-refractivity contribution in [3.05, 3.63) is 30.0 Å². The van der Waals surface area contributed by atoms with Gasteiger partial charge in [-0.3, -0.25) is 5.10 Å². The Balaban J connectivity index is 2.61. The number of para-hydroxylation sites is 1. The SMILES string of the molecule is CCc1cccc(-c2cn[nH]c2N)c1OC. The van der Waals surface area contributed by atoms with Gasteiger partial charge in [-0.25, -0.2) is 0 Å². The van der Waals surface area contributed by atoms with Crippen LogP contribution in [0.3, 0.4) is 0 Å². The summed E-state index contributed by atoms with van der Waals surface area (Å²) < 4.78 is 5.45. The summed E-state index contributed by atoms with van der Waals surface area (Å²) in [6.45, 7) is 2.10. The number of aromatic amines is 1. The number of nitrogens with two attached hydrogens (primary N) is 1. The molecule has 0 atom stereocenters. The summed E-state index contributed by atoms with van der Waals surface area (Å²) in [7, 11) is 1.67. The number of ether oxygens (including phenoxy) is 1. The summed E-state index contributed by atoms with van der Waals surface area (Å²) in [6, 6.07) is 6.04. The summed E-state index contributed by atoms with van der Waals surface area (Å²) in [5.74, 6) is 1.43. The van der Waals surface area contributed by atoms with Crippen LogP contribution in [0.25, 0.3) is 11.1 Å². The van der Waals surface area contributed by atoms with Crippen molar-refractivity contribution in [3.8, 4) is 16.9 Å². The molecule has 16 heavy (non-hydrogen) atoms. The molecule has 1 heterocycles. The Morgan fingerprint density at radius 2 is 2.19 bits per heavy atom. The predicted molar refractivity (Wildman–Crippen MR) is 64.4 cm³/mol. The molecule has 0 aliphatic carbocycles. The van der Waals surface area contributed by atoms with Gasteiger partial charge < -0.3 is 10.5 Å². The molecule has 0 saturated carbocycles. The molecule has 0 spiro atoms. The van der Waals surface area contributed by atoms with E-state index in [0.29, 0.717) is 5.82 Å². The number of aryl methyl sites for hydroxylation is 1. The number of nitrogens with one attached hydrogen (secondary N) is 1. The molecule has 3 N–H and O–H groups in total. The molecular weight excluding hydrogens is 202 g/mol. The summed E-state index contributed by atoms with van der Waals surface area (Å²) in [4.78, 5) is 0. The van der Waals surface area contributed by atoms with Crippen molar-refractivity contribution in [1.29, 1.82) is 0 Å². The van der Waals surface area contributed by atoms with Crippen molar-refractivity contribution in [3.63, 3.8) is 0 Å². The van der Waals surface area contributed by atoms with E-state index in [-0.39, 0.29) is 0 Å². The van der Waals surface area contributed by atoms with Crippen LogP contribution in [0.4, 0.5) is 5.82 Å². The first-order chi connectivity index (χ1) is 7.77. The van der Waals surface area contributed by atoms with Crippen LogP contribution in [0.2, 0.25) is 0 Å². The third-order valence-corrected chi connectivity index (χ3v) is 2.64. The van der Waals surface area contributed by atoms with E-state index in [9.17, 15) is 0 Å². The molecule has 0 fully saturated rings. The van der Waals surface area contributed by atoms with E-state index in [0.717, 1.165) is 23.3 Å². The highest BCUT2D eigenvalue weighted by Crippen LogP contribution is 2.35. The third kappa shape index (κ3) is 1.62. The highest BCUT2D eigenvalue weighted by Gasteiger charge is 2.12. The number of H-pyrrole nitrogens is 1. The van der Waals surface area contributed by atoms with Gasteiger partial charge in [-0.1, -0.05) is 25.1 Å². The first-order valence-corrected chi connectivity index (χ1v) is 5.23. The highest BCUT2D eigenvalue weighted by molar-refractivity contribution is 5.79. The molecule has 0 bridgehead atoms. The van der Waals surface area contributed by atoms with E-state index in [2.05, 4.69) is 23.2 Å². The molecule has 0 radical (unpaired) electrons. The Labute approximate surface area is 94.4 Å². The standard InChI is InChI=1S/C12H15N3O/c1-3-8-5-4-6-9(11(8)16-2)10-7-14-15-12(10)13/h4-7H,3H2,1-2H3,(H3,13,14,15). The van der Waals surface area contributed by atoms with Gasteiger partial charge in [0.15, 0.2) is 0 Å². The molecule has 0 amide bonds. The molecule has 2 rings (SSSR count). The van der Waals surface area contributed by atoms with Gasteiger partial charge in [0.1, 0.15) is 11.6 Å². The average molecular weight is 217 g/mol. The van der Waals surface area contributed by atoms with Crippen molar-refractivity contribution >= 4 is 5.82 Å². The van der Waals surface area contributed by atoms with Crippen LogP contribution in [0, 0.1) is 0 Å². The average Bonchev–Trinajstić information content (AvgIpc) is 2.74. The lowest BCUT2D eigenvalue weighted by atomic mass is 10.0. The molecule has 1 aromatic heterocycles. The van der Waals surface area contributed by atoms with Crippen molar-refractivity contribution in [2.24, 2.45) is 0 Å². The van der Waals surface area contributed by atoms with Gasteiger partial charge in [-0.05, 0) is 12.0 Å². The number of nitrogen functional groups attached to an aromatic ring is 1. The predicted octanol–water partition coefficient (Wildman–Crippen LogP) is 2.23. The van der Waals surface area contributed by atoms with E-state index in [1.807, 2.05) is 12.1 Å². The number of anilines is 1. The molecule has 84 valence electrons. The van der Waals surface area contributed by atoms with E-state index in [1.165, 1.54) is 5.56 Å². The number of nitrogens with zero attached hydrogens (tertiary/aromatic N) is 1. The van der Waals surface area contributed by atoms with Crippen LogP contribution in [0.1, 0.15) is 12.5 Å². The van der Waals surface area contributed by atoms with Crippen LogP contribution in [0.5, 0.6) is 5.75 Å². The lowest BCUT2D eigenvalue weighted by Gasteiger charge is -2.11. The van der Waals surface area contributed by atoms with Gasteiger partial charge in [0.25, 0.3) is 0 Å². The van der Waals surface area contributed by atoms with Crippen LogP contribution in [-0.2, 0) is 6.42 Å². The third-order valence-electron chi connectivity index (χ3n) is 2.64. The van der Waals surface area contributed by atoms with Crippen molar-refractivity contribution < 1.29 is 4.74 Å². The van der Waals surface area contributed by atoms with Gasteiger partial charge in [-0.2, -0.15) is 5.10 Å². The van der Waals surface area contributed by atoms with Gasteiger partial charge in [0.2, 0.25) is 0 Å². The van der Waals surface area contributed by atoms with Crippen LogP contribution < -0.4 is 10.5 Å². The first-order valence-electron chi connectivity index (χ1n) is 5.23. The van der Waals surface area contributed by atoms with E-state index in [4.69, 9.17) is 10.5 Å². The number of methoxy groups -OCH3 is 1. The molecule has 4 heteroatoms. The molecule has 2 aromatic rings. The second kappa shape index (κ2) is 4.26. The zero-order chi connectivity index (χ0) is 11.5. The molecule has 0 aliphatic heterocycles. The second-order valence-corrected chi connectivity index (χ2v) is 3.55. The zero-order valence-corrected chi connectivity index (χ0v) is 9.45. The Hall–Kier alpha value is -1.97. The molecule has 4 nitrogen and oxygen atoms in total. The fourth-order valence-electron chi connectivity index (χ4n) is 1.83. The smallest absolute Gasteiger partial charge is 0.130 e. The summed E-state index contributed by atoms with van der Waals surface area (Å²) in [6.07, 6.45) is 2.64. The van der Waals surface area contributed by atoms with E-state index < -0.39 is 0 Å². The van der Waals surface area contributed by atoms with Crippen molar-refractivity contribution in [2.75, 3.05) is 12.8 Å². The Bertz CT molecular complexity index is 491. The maximum absolute atomic E-state index is 5.81. The Morgan fingerprint density at radius 3 is 2.75 bits per heavy atom. The minimum absolute atomic E-state index is 0.562. The lowest BCUT2D eigenvalue weighted by Crippen LogP contribution is -1.95. The number of hydrogen-bond donors (Lipinski definition) is 2. The van der Waals surface area contributed by atoms with Gasteiger partial charge >= 0.3 is 0 Å². The minimum atomic E-state index is 0.562. The summed E-state index contributed by atoms with van der Waals surface area (Å²) >= 11 is 0. The van der Waals surface area contributed by atoms with Crippen molar-refractivity contribution in [1.82, 2.24) is 10.2 Å². The zero-order valence-electron chi connectivity index (χ0n) is 9.45. The van der Waals surface area contributed by atoms with Gasteiger partial charge in [0.05, 0.1) is 13.3 Å². The maximum atomic E-state index is 5.81.